The lowest BCUT2D eigenvalue weighted by Gasteiger charge is -2.07. The van der Waals surface area contributed by atoms with Crippen molar-refractivity contribution in [2.24, 2.45) is 0 Å². The van der Waals surface area contributed by atoms with E-state index < -0.39 is 0 Å². The number of aryl methyl sites for hydroxylation is 1. The molecule has 1 amide bonds. The molecule has 2 aromatic heterocycles. The predicted octanol–water partition coefficient (Wildman–Crippen LogP) is 2.93. The Bertz CT molecular complexity index is 608. The van der Waals surface area contributed by atoms with Crippen molar-refractivity contribution in [3.63, 3.8) is 0 Å². The highest BCUT2D eigenvalue weighted by molar-refractivity contribution is 6.02. The minimum atomic E-state index is -0.140. The van der Waals surface area contributed by atoms with Crippen LogP contribution in [0.2, 0.25) is 0 Å². The summed E-state index contributed by atoms with van der Waals surface area (Å²) in [5.41, 5.74) is 2.46. The second-order valence-corrected chi connectivity index (χ2v) is 4.92. The van der Waals surface area contributed by atoms with E-state index in [4.69, 9.17) is 4.52 Å². The third-order valence-electron chi connectivity index (χ3n) is 3.53. The van der Waals surface area contributed by atoms with Gasteiger partial charge < -0.3 is 9.09 Å². The van der Waals surface area contributed by atoms with E-state index in [0.717, 1.165) is 30.5 Å². The number of nitrogens with one attached hydrogen (secondary N) is 1. The van der Waals surface area contributed by atoms with Crippen LogP contribution in [-0.2, 0) is 6.42 Å². The van der Waals surface area contributed by atoms with E-state index >= 15 is 0 Å². The maximum absolute atomic E-state index is 12.3. The number of rotatable bonds is 4. The molecule has 0 aromatic carbocycles. The van der Waals surface area contributed by atoms with Gasteiger partial charge in [0.15, 0.2) is 0 Å². The van der Waals surface area contributed by atoms with Gasteiger partial charge in [-0.15, -0.1) is 0 Å². The monoisotopic (exact) mass is 259 g/mol. The number of hydrogen-bond acceptors (Lipinski definition) is 3. The van der Waals surface area contributed by atoms with Crippen molar-refractivity contribution in [2.45, 2.75) is 39.2 Å². The molecule has 5 nitrogen and oxygen atoms in total. The summed E-state index contributed by atoms with van der Waals surface area (Å²) in [7, 11) is 0. The van der Waals surface area contributed by atoms with Gasteiger partial charge in [0.05, 0.1) is 5.69 Å². The van der Waals surface area contributed by atoms with Gasteiger partial charge in [0.1, 0.15) is 5.69 Å². The first-order chi connectivity index (χ1) is 9.20. The highest BCUT2D eigenvalue weighted by atomic mass is 16.5. The second-order valence-electron chi connectivity index (χ2n) is 4.92. The fraction of sp³-hybridized carbons (Fsp3) is 0.429. The van der Waals surface area contributed by atoms with E-state index in [-0.39, 0.29) is 5.91 Å². The van der Waals surface area contributed by atoms with Gasteiger partial charge in [0.2, 0.25) is 5.88 Å². The minimum Gasteiger partial charge on any atom is -0.340 e. The third kappa shape index (κ3) is 2.16. The highest BCUT2D eigenvalue weighted by Gasteiger charge is 2.27. The lowest BCUT2D eigenvalue weighted by atomic mass is 10.2. The van der Waals surface area contributed by atoms with Crippen LogP contribution < -0.4 is 5.32 Å². The summed E-state index contributed by atoms with van der Waals surface area (Å²) in [5, 5.41) is 6.74. The van der Waals surface area contributed by atoms with E-state index in [1.54, 1.807) is 0 Å². The van der Waals surface area contributed by atoms with Gasteiger partial charge in [0.25, 0.3) is 5.91 Å². The van der Waals surface area contributed by atoms with Crippen molar-refractivity contribution in [3.05, 3.63) is 35.3 Å². The largest absolute Gasteiger partial charge is 0.340 e. The molecule has 0 atom stereocenters. The van der Waals surface area contributed by atoms with Gasteiger partial charge in [-0.1, -0.05) is 12.1 Å². The summed E-state index contributed by atoms with van der Waals surface area (Å²) >= 11 is 0. The van der Waals surface area contributed by atoms with Crippen LogP contribution in [0.3, 0.4) is 0 Å². The van der Waals surface area contributed by atoms with Gasteiger partial charge in [-0.2, -0.15) is 0 Å². The van der Waals surface area contributed by atoms with Crippen LogP contribution in [0.25, 0.3) is 0 Å². The molecule has 2 heterocycles. The number of nitrogens with zero attached hydrogens (tertiary/aromatic N) is 2. The summed E-state index contributed by atoms with van der Waals surface area (Å²) < 4.78 is 7.21. The molecule has 2 aromatic rings. The third-order valence-corrected chi connectivity index (χ3v) is 3.53. The van der Waals surface area contributed by atoms with Gasteiger partial charge in [-0.25, -0.2) is 0 Å². The molecule has 0 bridgehead atoms. The van der Waals surface area contributed by atoms with E-state index in [1.807, 2.05) is 36.7 Å². The number of aromatic nitrogens is 2. The Kier molecular flexibility index (Phi) is 2.89. The maximum atomic E-state index is 12.3. The minimum absolute atomic E-state index is 0.140. The Morgan fingerprint density at radius 1 is 1.58 bits per heavy atom. The lowest BCUT2D eigenvalue weighted by Crippen LogP contribution is -2.16. The lowest BCUT2D eigenvalue weighted by molar-refractivity contribution is 0.101. The quantitative estimate of drug-likeness (QED) is 0.918. The van der Waals surface area contributed by atoms with Crippen LogP contribution in [0, 0.1) is 6.92 Å². The van der Waals surface area contributed by atoms with Crippen molar-refractivity contribution in [1.29, 1.82) is 0 Å². The van der Waals surface area contributed by atoms with Crippen molar-refractivity contribution < 1.29 is 9.32 Å². The van der Waals surface area contributed by atoms with E-state index in [9.17, 15) is 4.79 Å². The molecule has 0 saturated heterocycles. The predicted molar refractivity (Wildman–Crippen MR) is 71.3 cm³/mol. The fourth-order valence-electron chi connectivity index (χ4n) is 2.24. The number of carbonyl (C=O) groups excluding carboxylic acids is 1. The van der Waals surface area contributed by atoms with Crippen LogP contribution in [0.15, 0.2) is 22.9 Å². The van der Waals surface area contributed by atoms with E-state index in [2.05, 4.69) is 10.5 Å². The molecule has 0 aliphatic heterocycles. The number of carbonyl (C=O) groups is 1. The van der Waals surface area contributed by atoms with Gasteiger partial charge in [-0.05, 0) is 38.3 Å². The second kappa shape index (κ2) is 4.57. The number of anilines is 1. The molecule has 0 radical (unpaired) electrons. The van der Waals surface area contributed by atoms with Crippen LogP contribution in [-0.4, -0.2) is 15.6 Å². The Morgan fingerprint density at radius 3 is 3.00 bits per heavy atom. The molecular weight excluding hydrogens is 242 g/mol. The first-order valence-corrected chi connectivity index (χ1v) is 6.64. The van der Waals surface area contributed by atoms with Crippen molar-refractivity contribution >= 4 is 11.8 Å². The zero-order chi connectivity index (χ0) is 13.4. The molecule has 1 aliphatic carbocycles. The normalized spacial score (nSPS) is 14.6. The standard InChI is InChI=1S/C14H17N3O2/c1-3-11-9(2)14(19-16-11)15-13(18)12-5-4-8-17(12)10-6-7-10/h4-5,8,10H,3,6-7H2,1-2H3,(H,15,18). The van der Waals surface area contributed by atoms with Gasteiger partial charge >= 0.3 is 0 Å². The SMILES string of the molecule is CCc1noc(NC(=O)c2cccn2C2CC2)c1C. The number of amides is 1. The fourth-order valence-corrected chi connectivity index (χ4v) is 2.24. The first kappa shape index (κ1) is 12.0. The molecule has 100 valence electrons. The summed E-state index contributed by atoms with van der Waals surface area (Å²) in [6.07, 6.45) is 5.05. The van der Waals surface area contributed by atoms with Crippen molar-refractivity contribution in [1.82, 2.24) is 9.72 Å². The molecule has 5 heteroatoms. The van der Waals surface area contributed by atoms with Crippen LogP contribution in [0.5, 0.6) is 0 Å². The van der Waals surface area contributed by atoms with Crippen molar-refractivity contribution in [3.8, 4) is 0 Å². The summed E-state index contributed by atoms with van der Waals surface area (Å²) in [6.45, 7) is 3.92. The van der Waals surface area contributed by atoms with E-state index in [1.165, 1.54) is 0 Å². The molecule has 19 heavy (non-hydrogen) atoms. The summed E-state index contributed by atoms with van der Waals surface area (Å²) in [5.74, 6) is 0.309. The Labute approximate surface area is 111 Å². The summed E-state index contributed by atoms with van der Waals surface area (Å²) in [4.78, 5) is 12.3. The Hall–Kier alpha value is -2.04. The van der Waals surface area contributed by atoms with Crippen molar-refractivity contribution in [2.75, 3.05) is 5.32 Å². The highest BCUT2D eigenvalue weighted by Crippen LogP contribution is 2.36. The maximum Gasteiger partial charge on any atom is 0.274 e. The van der Waals surface area contributed by atoms with Gasteiger partial charge in [0, 0.05) is 17.8 Å². The molecule has 0 spiro atoms. The molecular formula is C14H17N3O2. The Balaban J connectivity index is 1.80. The average Bonchev–Trinajstić information content (AvgIpc) is 3.03. The first-order valence-electron chi connectivity index (χ1n) is 6.64. The average molecular weight is 259 g/mol. The zero-order valence-corrected chi connectivity index (χ0v) is 11.1. The number of hydrogen-bond donors (Lipinski definition) is 1. The van der Waals surface area contributed by atoms with Crippen LogP contribution >= 0.6 is 0 Å². The van der Waals surface area contributed by atoms with Gasteiger partial charge in [-0.3, -0.25) is 10.1 Å². The van der Waals surface area contributed by atoms with Crippen LogP contribution in [0.4, 0.5) is 5.88 Å². The smallest absolute Gasteiger partial charge is 0.274 e. The molecule has 3 rings (SSSR count). The molecule has 1 fully saturated rings. The molecule has 1 saturated carbocycles. The molecule has 0 unspecified atom stereocenters. The molecule has 1 aliphatic rings. The Morgan fingerprint density at radius 2 is 2.37 bits per heavy atom. The summed E-state index contributed by atoms with van der Waals surface area (Å²) in [6, 6.07) is 4.22. The topological polar surface area (TPSA) is 60.1 Å². The zero-order valence-electron chi connectivity index (χ0n) is 11.1. The van der Waals surface area contributed by atoms with Crippen LogP contribution in [0.1, 0.15) is 47.6 Å². The molecule has 1 N–H and O–H groups in total. The van der Waals surface area contributed by atoms with E-state index in [0.29, 0.717) is 17.6 Å².